The summed E-state index contributed by atoms with van der Waals surface area (Å²) >= 11 is 0. The lowest BCUT2D eigenvalue weighted by molar-refractivity contribution is -0.301. The molecule has 6 unspecified atom stereocenters. The maximum absolute atomic E-state index is 13.1. The zero-order valence-electron chi connectivity index (χ0n) is 49.0. The maximum atomic E-state index is 13.1. The molecular weight excluding hydrogens is 973 g/mol. The van der Waals surface area contributed by atoms with Gasteiger partial charge in [-0.05, 0) is 96.3 Å². The smallest absolute Gasteiger partial charge is 0.335 e. The van der Waals surface area contributed by atoms with Crippen molar-refractivity contribution in [2.24, 2.45) is 0 Å². The lowest BCUT2D eigenvalue weighted by atomic mass is 9.98. The predicted molar refractivity (Wildman–Crippen MR) is 312 cm³/mol. The van der Waals surface area contributed by atoms with E-state index in [0.717, 1.165) is 122 Å². The van der Waals surface area contributed by atoms with Gasteiger partial charge in [-0.2, -0.15) is 0 Å². The van der Waals surface area contributed by atoms with Crippen LogP contribution in [0.25, 0.3) is 0 Å². The molecule has 1 aliphatic rings. The quantitative estimate of drug-likeness (QED) is 0.0228. The van der Waals surface area contributed by atoms with Crippen molar-refractivity contribution in [3.05, 3.63) is 60.8 Å². The molecule has 0 aromatic rings. The minimum atomic E-state index is -1.91. The van der Waals surface area contributed by atoms with Crippen molar-refractivity contribution in [1.29, 1.82) is 0 Å². The first-order valence-electron chi connectivity index (χ1n) is 31.3. The van der Waals surface area contributed by atoms with E-state index in [0.29, 0.717) is 19.3 Å². The lowest BCUT2D eigenvalue weighted by Gasteiger charge is -2.40. The highest BCUT2D eigenvalue weighted by Crippen LogP contribution is 2.26. The van der Waals surface area contributed by atoms with Crippen LogP contribution in [-0.2, 0) is 42.9 Å². The van der Waals surface area contributed by atoms with Crippen LogP contribution in [0, 0.1) is 0 Å². The van der Waals surface area contributed by atoms with Crippen LogP contribution in [0.1, 0.15) is 278 Å². The Kier molecular flexibility index (Phi) is 49.2. The van der Waals surface area contributed by atoms with Gasteiger partial charge in [-0.1, -0.05) is 223 Å². The number of carboxylic acid groups (broad SMARTS) is 1. The summed E-state index contributed by atoms with van der Waals surface area (Å²) in [7, 11) is 0. The molecule has 12 heteroatoms. The molecule has 0 aliphatic carbocycles. The Morgan fingerprint density at radius 3 is 1.30 bits per heavy atom. The Morgan fingerprint density at radius 2 is 0.831 bits per heavy atom. The molecule has 1 fully saturated rings. The normalized spacial score (nSPS) is 18.4. The highest BCUT2D eigenvalue weighted by molar-refractivity contribution is 5.74. The summed E-state index contributed by atoms with van der Waals surface area (Å²) in [5.41, 5.74) is 0. The number of aliphatic carboxylic acids is 1. The number of rotatable bonds is 53. The molecule has 1 saturated heterocycles. The van der Waals surface area contributed by atoms with E-state index < -0.39 is 67.3 Å². The zero-order valence-corrected chi connectivity index (χ0v) is 49.0. The zero-order chi connectivity index (χ0) is 56.1. The molecule has 6 atom stereocenters. The first-order chi connectivity index (χ1) is 37.6. The molecule has 1 rings (SSSR count). The number of carbonyl (C=O) groups excluding carboxylic acids is 3. The molecule has 0 aromatic heterocycles. The average molecular weight is 1090 g/mol. The molecule has 0 radical (unpaired) electrons. The lowest BCUT2D eigenvalue weighted by Crippen LogP contribution is -2.61. The van der Waals surface area contributed by atoms with E-state index in [4.69, 9.17) is 23.7 Å². The average Bonchev–Trinajstić information content (AvgIpc) is 3.42. The van der Waals surface area contributed by atoms with E-state index in [1.54, 1.807) is 0 Å². The highest BCUT2D eigenvalue weighted by Gasteiger charge is 2.50. The van der Waals surface area contributed by atoms with Crippen LogP contribution in [-0.4, -0.2) is 89.2 Å². The fourth-order valence-corrected chi connectivity index (χ4v) is 9.24. The molecule has 12 nitrogen and oxygen atoms in total. The molecular formula is C65H112O12. The number of aliphatic hydroxyl groups excluding tert-OH is 2. The Bertz CT molecular complexity index is 1570. The van der Waals surface area contributed by atoms with Gasteiger partial charge in [0.15, 0.2) is 24.6 Å². The van der Waals surface area contributed by atoms with Gasteiger partial charge in [-0.15, -0.1) is 0 Å². The third-order valence-corrected chi connectivity index (χ3v) is 14.0. The van der Waals surface area contributed by atoms with Crippen molar-refractivity contribution < 1.29 is 58.2 Å². The predicted octanol–water partition coefficient (Wildman–Crippen LogP) is 16.3. The third kappa shape index (κ3) is 43.0. The number of hydrogen-bond donors (Lipinski definition) is 3. The van der Waals surface area contributed by atoms with E-state index in [2.05, 4.69) is 81.5 Å². The molecule has 0 amide bonds. The van der Waals surface area contributed by atoms with Gasteiger partial charge in [-0.3, -0.25) is 14.4 Å². The van der Waals surface area contributed by atoms with Crippen LogP contribution in [0.5, 0.6) is 0 Å². The number of hydrogen-bond acceptors (Lipinski definition) is 11. The summed E-state index contributed by atoms with van der Waals surface area (Å²) in [5, 5.41) is 31.5. The molecule has 444 valence electrons. The van der Waals surface area contributed by atoms with Gasteiger partial charge >= 0.3 is 23.9 Å². The van der Waals surface area contributed by atoms with E-state index in [1.807, 2.05) is 0 Å². The van der Waals surface area contributed by atoms with Crippen molar-refractivity contribution in [2.45, 2.75) is 314 Å². The third-order valence-electron chi connectivity index (χ3n) is 14.0. The van der Waals surface area contributed by atoms with E-state index in [1.165, 1.54) is 96.3 Å². The van der Waals surface area contributed by atoms with Gasteiger partial charge in [0, 0.05) is 19.3 Å². The summed E-state index contributed by atoms with van der Waals surface area (Å²) in [6.07, 6.45) is 53.3. The first kappa shape index (κ1) is 71.4. The number of carboxylic acids is 1. The Hall–Kier alpha value is -3.58. The minimum absolute atomic E-state index is 0.0481. The molecule has 0 bridgehead atoms. The number of esters is 3. The molecule has 0 aromatic carbocycles. The van der Waals surface area contributed by atoms with Gasteiger partial charge < -0.3 is 39.0 Å². The molecule has 0 spiro atoms. The number of aliphatic hydroxyl groups is 2. The maximum Gasteiger partial charge on any atom is 0.335 e. The number of allylic oxidation sites excluding steroid dienone is 10. The van der Waals surface area contributed by atoms with Crippen molar-refractivity contribution in [1.82, 2.24) is 0 Å². The van der Waals surface area contributed by atoms with Crippen LogP contribution in [0.2, 0.25) is 0 Å². The second-order valence-electron chi connectivity index (χ2n) is 21.3. The topological polar surface area (TPSA) is 175 Å². The highest BCUT2D eigenvalue weighted by atomic mass is 16.7. The molecule has 1 aliphatic heterocycles. The largest absolute Gasteiger partial charge is 0.479 e. The molecule has 0 saturated carbocycles. The van der Waals surface area contributed by atoms with E-state index in [9.17, 15) is 34.5 Å². The van der Waals surface area contributed by atoms with Gasteiger partial charge in [-0.25, -0.2) is 4.79 Å². The van der Waals surface area contributed by atoms with Crippen LogP contribution < -0.4 is 0 Å². The minimum Gasteiger partial charge on any atom is -0.479 e. The van der Waals surface area contributed by atoms with Gasteiger partial charge in [0.05, 0.1) is 6.61 Å². The number of unbranched alkanes of at least 4 members (excludes halogenated alkanes) is 29. The number of ether oxygens (including phenoxy) is 5. The SMILES string of the molecule is CC/C=C\C/C=C\C/C=C\CCCCCCCCCC(=O)OC1C(OCC(COC(=O)CCCCCCCCCCC/C=C\CCCCCCCC)OC(=O)CCCCCCC/C=C\CCCC)OC(C(=O)O)C(O)C1O. The van der Waals surface area contributed by atoms with Gasteiger partial charge in [0.2, 0.25) is 0 Å². The monoisotopic (exact) mass is 1080 g/mol. The number of carbonyl (C=O) groups is 4. The second kappa shape index (κ2) is 53.1. The standard InChI is InChI=1S/C65H112O12/c1-4-7-10-13-16-19-22-24-26-28-29-31-32-34-37-39-42-45-48-51-57(66)73-54-56(75-58(67)52-49-46-43-40-36-21-18-15-12-9-6-3)55-74-65-63(61(70)60(69)62(77-65)64(71)72)76-59(68)53-50-47-44-41-38-35-33-30-27-25-23-20-17-14-11-8-5-2/h8,11,15,17-18,20,24-27,56,60-63,65,69-70H,4-7,9-10,12-14,16,19,21-23,28-55H2,1-3H3,(H,71,72)/b11-8-,18-15-,20-17-,26-24-,27-25-. The van der Waals surface area contributed by atoms with Crippen molar-refractivity contribution >= 4 is 23.9 Å². The van der Waals surface area contributed by atoms with E-state index >= 15 is 0 Å². The van der Waals surface area contributed by atoms with Gasteiger partial charge in [0.25, 0.3) is 0 Å². The fourth-order valence-electron chi connectivity index (χ4n) is 9.24. The summed E-state index contributed by atoms with van der Waals surface area (Å²) < 4.78 is 28.5. The van der Waals surface area contributed by atoms with Crippen LogP contribution in [0.3, 0.4) is 0 Å². The van der Waals surface area contributed by atoms with Crippen molar-refractivity contribution in [3.63, 3.8) is 0 Å². The molecule has 1 heterocycles. The van der Waals surface area contributed by atoms with Crippen LogP contribution in [0.4, 0.5) is 0 Å². The second-order valence-corrected chi connectivity index (χ2v) is 21.3. The first-order valence-corrected chi connectivity index (χ1v) is 31.3. The van der Waals surface area contributed by atoms with Crippen molar-refractivity contribution in [3.8, 4) is 0 Å². The van der Waals surface area contributed by atoms with Gasteiger partial charge in [0.1, 0.15) is 18.8 Å². The summed E-state index contributed by atoms with van der Waals surface area (Å²) in [6, 6.07) is 0. The molecule has 77 heavy (non-hydrogen) atoms. The molecule has 3 N–H and O–H groups in total. The summed E-state index contributed by atoms with van der Waals surface area (Å²) in [5.74, 6) is -3.13. The van der Waals surface area contributed by atoms with Crippen LogP contribution in [0.15, 0.2) is 60.8 Å². The van der Waals surface area contributed by atoms with E-state index in [-0.39, 0.29) is 25.9 Å². The summed E-state index contributed by atoms with van der Waals surface area (Å²) in [6.45, 7) is 5.85. The fraction of sp³-hybridized carbons (Fsp3) is 0.785. The summed E-state index contributed by atoms with van der Waals surface area (Å²) in [4.78, 5) is 51.2. The Labute approximate surface area is 468 Å². The van der Waals surface area contributed by atoms with Crippen molar-refractivity contribution in [2.75, 3.05) is 13.2 Å². The Balaban J connectivity index is 2.63. The van der Waals surface area contributed by atoms with Crippen LogP contribution >= 0.6 is 0 Å². The Morgan fingerprint density at radius 1 is 0.442 bits per heavy atom.